The van der Waals surface area contributed by atoms with Crippen molar-refractivity contribution in [3.63, 3.8) is 0 Å². The number of hydrogen-bond donors (Lipinski definition) is 0. The Morgan fingerprint density at radius 3 is 1.88 bits per heavy atom. The molecule has 0 aliphatic rings. The molecule has 2 unspecified atom stereocenters. The van der Waals surface area contributed by atoms with E-state index in [1.165, 1.54) is 12.8 Å². The number of carbonyl (C=O) groups excluding carboxylic acids is 3. The van der Waals surface area contributed by atoms with Gasteiger partial charge in [0.15, 0.2) is 12.4 Å². The molecule has 0 fully saturated rings. The van der Waals surface area contributed by atoms with Gasteiger partial charge in [-0.15, -0.1) is 0 Å². The van der Waals surface area contributed by atoms with Gasteiger partial charge in [0.25, 0.3) is 0 Å². The van der Waals surface area contributed by atoms with Gasteiger partial charge in [-0.25, -0.2) is 0 Å². The third-order valence-electron chi connectivity index (χ3n) is 6.51. The number of likely N-dealkylation sites (N-methyl/N-ethyl adjacent to an activating group) is 1. The van der Waals surface area contributed by atoms with Gasteiger partial charge in [-0.1, -0.05) is 83.8 Å². The molecule has 0 rings (SSSR count). The molecule has 0 aliphatic heterocycles. The Hall–Kier alpha value is -1.97. The predicted molar refractivity (Wildman–Crippen MR) is 159 cm³/mol. The molecule has 0 N–H and O–H groups in total. The van der Waals surface area contributed by atoms with Gasteiger partial charge in [-0.2, -0.15) is 0 Å². The van der Waals surface area contributed by atoms with Gasteiger partial charge < -0.3 is 33.3 Å². The smallest absolute Gasteiger partial charge is 0.306 e. The molecular formula is C32H59NO8. The second-order valence-corrected chi connectivity index (χ2v) is 11.7. The molecule has 9 heteroatoms. The number of carboxylic acid groups (broad SMARTS) is 1. The van der Waals surface area contributed by atoms with Crippen molar-refractivity contribution in [3.8, 4) is 0 Å². The zero-order valence-electron chi connectivity index (χ0n) is 26.7. The van der Waals surface area contributed by atoms with E-state index in [9.17, 15) is 19.5 Å². The summed E-state index contributed by atoms with van der Waals surface area (Å²) in [4.78, 5) is 36.2. The minimum absolute atomic E-state index is 0.148. The number of carboxylic acids is 1. The number of allylic oxidation sites excluding steroid dienone is 2. The molecule has 0 aromatic carbocycles. The average Bonchev–Trinajstić information content (AvgIpc) is 2.91. The van der Waals surface area contributed by atoms with Crippen molar-refractivity contribution in [3.05, 3.63) is 12.2 Å². The molecule has 2 atom stereocenters. The van der Waals surface area contributed by atoms with Crippen molar-refractivity contribution in [2.24, 2.45) is 0 Å². The van der Waals surface area contributed by atoms with Crippen LogP contribution in [0.2, 0.25) is 0 Å². The largest absolute Gasteiger partial charge is 0.545 e. The number of esters is 2. The normalized spacial score (nSPS) is 13.3. The number of quaternary nitrogens is 1. The van der Waals surface area contributed by atoms with Gasteiger partial charge in [0.05, 0.1) is 40.3 Å². The standard InChI is InChI=1S/C32H59NO8/c1-6-8-10-12-13-14-15-16-17-19-21-23-30(35)41-28(26-39-29(34)22-20-18-11-9-7-2)27-40-32(31(36)37)38-25-24-33(3,4)5/h12-13,28,32H,6-11,14-27H2,1-5H3/b13-12-. The zero-order valence-corrected chi connectivity index (χ0v) is 26.7. The van der Waals surface area contributed by atoms with Gasteiger partial charge in [-0.05, 0) is 32.1 Å². The number of ether oxygens (including phenoxy) is 4. The van der Waals surface area contributed by atoms with Crippen LogP contribution in [0.4, 0.5) is 0 Å². The van der Waals surface area contributed by atoms with Crippen LogP contribution in [0.5, 0.6) is 0 Å². The Kier molecular flexibility index (Phi) is 24.5. The second kappa shape index (κ2) is 25.7. The molecule has 0 aromatic heterocycles. The van der Waals surface area contributed by atoms with Crippen molar-refractivity contribution < 1.29 is 42.9 Å². The van der Waals surface area contributed by atoms with E-state index in [1.807, 2.05) is 21.1 Å². The highest BCUT2D eigenvalue weighted by atomic mass is 16.7. The van der Waals surface area contributed by atoms with E-state index in [-0.39, 0.29) is 38.6 Å². The van der Waals surface area contributed by atoms with E-state index in [2.05, 4.69) is 26.0 Å². The monoisotopic (exact) mass is 585 g/mol. The van der Waals surface area contributed by atoms with E-state index in [1.54, 1.807) is 0 Å². The SMILES string of the molecule is CCCC/C=C\CCCCCCCC(=O)OC(COC(=O)CCCCCCC)COC(OCC[N+](C)(C)C)C(=O)[O-]. The van der Waals surface area contributed by atoms with Crippen LogP contribution in [-0.4, -0.2) is 82.3 Å². The number of nitrogens with zero attached hydrogens (tertiary/aromatic N) is 1. The first kappa shape index (κ1) is 39.0. The van der Waals surface area contributed by atoms with Gasteiger partial charge in [0.1, 0.15) is 13.2 Å². The summed E-state index contributed by atoms with van der Waals surface area (Å²) in [6.45, 7) is 4.55. The quantitative estimate of drug-likeness (QED) is 0.0410. The van der Waals surface area contributed by atoms with Crippen LogP contribution in [0.15, 0.2) is 12.2 Å². The Balaban J connectivity index is 4.62. The maximum absolute atomic E-state index is 12.5. The van der Waals surface area contributed by atoms with E-state index >= 15 is 0 Å². The van der Waals surface area contributed by atoms with Crippen molar-refractivity contribution in [1.82, 2.24) is 0 Å². The molecule has 0 saturated heterocycles. The fraction of sp³-hybridized carbons (Fsp3) is 0.844. The summed E-state index contributed by atoms with van der Waals surface area (Å²) < 4.78 is 22.2. The minimum Gasteiger partial charge on any atom is -0.545 e. The molecule has 240 valence electrons. The van der Waals surface area contributed by atoms with Crippen LogP contribution in [0.3, 0.4) is 0 Å². The Morgan fingerprint density at radius 1 is 0.707 bits per heavy atom. The molecule has 0 spiro atoms. The molecule has 0 aromatic rings. The molecule has 0 bridgehead atoms. The van der Waals surface area contributed by atoms with Gasteiger partial charge >= 0.3 is 11.9 Å². The number of unbranched alkanes of at least 4 members (excludes halogenated alkanes) is 11. The number of carbonyl (C=O) groups is 3. The van der Waals surface area contributed by atoms with Crippen LogP contribution < -0.4 is 5.11 Å². The molecule has 0 amide bonds. The first-order valence-corrected chi connectivity index (χ1v) is 15.8. The van der Waals surface area contributed by atoms with Gasteiger partial charge in [0, 0.05) is 12.8 Å². The summed E-state index contributed by atoms with van der Waals surface area (Å²) in [7, 11) is 5.87. The molecule has 0 saturated carbocycles. The lowest BCUT2D eigenvalue weighted by molar-refractivity contribution is -0.870. The van der Waals surface area contributed by atoms with E-state index in [0.29, 0.717) is 17.4 Å². The molecule has 0 aliphatic carbocycles. The second-order valence-electron chi connectivity index (χ2n) is 11.7. The molecule has 0 radical (unpaired) electrons. The van der Waals surface area contributed by atoms with Crippen LogP contribution >= 0.6 is 0 Å². The van der Waals surface area contributed by atoms with Crippen molar-refractivity contribution in [2.75, 3.05) is 47.5 Å². The maximum Gasteiger partial charge on any atom is 0.306 e. The first-order chi connectivity index (χ1) is 19.6. The highest BCUT2D eigenvalue weighted by Crippen LogP contribution is 2.11. The number of aliphatic carboxylic acids is 1. The molecule has 41 heavy (non-hydrogen) atoms. The minimum atomic E-state index is -1.61. The summed E-state index contributed by atoms with van der Waals surface area (Å²) >= 11 is 0. The Bertz CT molecular complexity index is 704. The summed E-state index contributed by atoms with van der Waals surface area (Å²) in [5.41, 5.74) is 0. The number of hydrogen-bond acceptors (Lipinski definition) is 8. The average molecular weight is 586 g/mol. The summed E-state index contributed by atoms with van der Waals surface area (Å²) in [6, 6.07) is 0. The van der Waals surface area contributed by atoms with E-state index in [4.69, 9.17) is 18.9 Å². The molecule has 9 nitrogen and oxygen atoms in total. The third-order valence-corrected chi connectivity index (χ3v) is 6.51. The number of rotatable bonds is 28. The van der Waals surface area contributed by atoms with Crippen molar-refractivity contribution >= 4 is 17.9 Å². The predicted octanol–water partition coefficient (Wildman–Crippen LogP) is 5.09. The Morgan fingerprint density at radius 2 is 1.27 bits per heavy atom. The lowest BCUT2D eigenvalue weighted by atomic mass is 10.1. The Labute approximate surface area is 249 Å². The lowest BCUT2D eigenvalue weighted by Crippen LogP contribution is -2.44. The summed E-state index contributed by atoms with van der Waals surface area (Å²) in [6.07, 6.45) is 17.2. The first-order valence-electron chi connectivity index (χ1n) is 15.8. The topological polar surface area (TPSA) is 111 Å². The highest BCUT2D eigenvalue weighted by molar-refractivity contribution is 5.70. The van der Waals surface area contributed by atoms with Crippen molar-refractivity contribution in [2.45, 2.75) is 129 Å². The van der Waals surface area contributed by atoms with E-state index in [0.717, 1.165) is 70.6 Å². The van der Waals surface area contributed by atoms with Crippen LogP contribution in [0.1, 0.15) is 117 Å². The highest BCUT2D eigenvalue weighted by Gasteiger charge is 2.21. The van der Waals surface area contributed by atoms with Crippen LogP contribution in [-0.2, 0) is 33.3 Å². The van der Waals surface area contributed by atoms with Crippen LogP contribution in [0.25, 0.3) is 0 Å². The van der Waals surface area contributed by atoms with Crippen LogP contribution in [0, 0.1) is 0 Å². The fourth-order valence-corrected chi connectivity index (χ4v) is 3.92. The lowest BCUT2D eigenvalue weighted by Gasteiger charge is -2.26. The molecule has 0 heterocycles. The van der Waals surface area contributed by atoms with Crippen molar-refractivity contribution in [1.29, 1.82) is 0 Å². The maximum atomic E-state index is 12.5. The zero-order chi connectivity index (χ0) is 30.8. The fourth-order valence-electron chi connectivity index (χ4n) is 3.92. The molecular weight excluding hydrogens is 526 g/mol. The van der Waals surface area contributed by atoms with E-state index < -0.39 is 24.3 Å². The van der Waals surface area contributed by atoms with Gasteiger partial charge in [-0.3, -0.25) is 9.59 Å². The summed E-state index contributed by atoms with van der Waals surface area (Å²) in [5.74, 6) is -2.32. The third kappa shape index (κ3) is 26.7. The summed E-state index contributed by atoms with van der Waals surface area (Å²) in [5, 5.41) is 11.5. The van der Waals surface area contributed by atoms with Gasteiger partial charge in [0.2, 0.25) is 0 Å².